The molecule has 0 spiro atoms. The third kappa shape index (κ3) is 4.41. The van der Waals surface area contributed by atoms with Crippen LogP contribution < -0.4 is 10.2 Å². The second-order valence-electron chi connectivity index (χ2n) is 8.12. The van der Waals surface area contributed by atoms with Crippen LogP contribution in [-0.2, 0) is 37.3 Å². The number of carbonyl (C=O) groups is 2. The van der Waals surface area contributed by atoms with Crippen molar-refractivity contribution in [3.63, 3.8) is 0 Å². The van der Waals surface area contributed by atoms with E-state index in [1.165, 1.54) is 22.2 Å². The maximum atomic E-state index is 13.0. The Morgan fingerprint density at radius 3 is 2.44 bits per heavy atom. The number of amides is 2. The van der Waals surface area contributed by atoms with E-state index in [1.807, 2.05) is 31.2 Å². The third-order valence-corrected chi connectivity index (χ3v) is 7.77. The number of hydrogen-bond acceptors (Lipinski definition) is 5. The quantitative estimate of drug-likeness (QED) is 0.736. The van der Waals surface area contributed by atoms with E-state index < -0.39 is 16.1 Å². The maximum Gasteiger partial charge on any atom is 0.243 e. The summed E-state index contributed by atoms with van der Waals surface area (Å²) in [5.74, 6) is -0.530. The van der Waals surface area contributed by atoms with Crippen LogP contribution in [0.4, 0.5) is 5.69 Å². The number of rotatable bonds is 5. The number of anilines is 1. The van der Waals surface area contributed by atoms with Crippen molar-refractivity contribution in [3.05, 3.63) is 59.2 Å². The Balaban J connectivity index is 1.54. The molecule has 170 valence electrons. The van der Waals surface area contributed by atoms with Gasteiger partial charge in [-0.15, -0.1) is 0 Å². The Bertz CT molecular complexity index is 1120. The summed E-state index contributed by atoms with van der Waals surface area (Å²) in [7, 11) is -3.66. The van der Waals surface area contributed by atoms with Gasteiger partial charge < -0.3 is 10.1 Å². The molecule has 2 aromatic carbocycles. The van der Waals surface area contributed by atoms with Crippen LogP contribution in [0.2, 0.25) is 0 Å². The zero-order chi connectivity index (χ0) is 22.9. The normalized spacial score (nSPS) is 18.9. The van der Waals surface area contributed by atoms with Gasteiger partial charge in [0.2, 0.25) is 21.8 Å². The van der Waals surface area contributed by atoms with Crippen LogP contribution in [0.3, 0.4) is 0 Å². The standard InChI is InChI=1S/C23H27N3O5S/c1-16-3-5-18(6-4-16)15-24-23(28)22-14-19-13-20(7-8-21(19)26(22)17(2)27)32(29,30)25-9-11-31-12-10-25/h3-8,13,22H,9-12,14-15H2,1-2H3,(H,24,28)/t22-/m0/s1. The maximum absolute atomic E-state index is 13.0. The van der Waals surface area contributed by atoms with Crippen LogP contribution in [0.15, 0.2) is 47.4 Å². The summed E-state index contributed by atoms with van der Waals surface area (Å²) in [4.78, 5) is 26.9. The topological polar surface area (TPSA) is 96.0 Å². The highest BCUT2D eigenvalue weighted by molar-refractivity contribution is 7.89. The Hall–Kier alpha value is -2.75. The van der Waals surface area contributed by atoms with Crippen LogP contribution in [0.1, 0.15) is 23.6 Å². The molecule has 1 atom stereocenters. The van der Waals surface area contributed by atoms with Crippen molar-refractivity contribution in [2.45, 2.75) is 37.8 Å². The molecule has 2 aliphatic rings. The molecule has 0 aromatic heterocycles. The number of carbonyl (C=O) groups excluding carboxylic acids is 2. The molecule has 32 heavy (non-hydrogen) atoms. The van der Waals surface area contributed by atoms with Crippen molar-refractivity contribution >= 4 is 27.5 Å². The van der Waals surface area contributed by atoms with Crippen molar-refractivity contribution in [2.24, 2.45) is 0 Å². The van der Waals surface area contributed by atoms with Crippen LogP contribution in [0.25, 0.3) is 0 Å². The first kappa shape index (κ1) is 22.4. The zero-order valence-corrected chi connectivity index (χ0v) is 19.0. The number of benzene rings is 2. The lowest BCUT2D eigenvalue weighted by molar-refractivity contribution is -0.125. The van der Waals surface area contributed by atoms with E-state index in [4.69, 9.17) is 4.74 Å². The molecule has 0 saturated carbocycles. The molecule has 0 unspecified atom stereocenters. The number of morpholine rings is 1. The molecule has 2 aromatic rings. The van der Waals surface area contributed by atoms with E-state index in [2.05, 4.69) is 5.32 Å². The summed E-state index contributed by atoms with van der Waals surface area (Å²) in [5.41, 5.74) is 3.35. The fourth-order valence-corrected chi connectivity index (χ4v) is 5.60. The highest BCUT2D eigenvalue weighted by Gasteiger charge is 2.38. The van der Waals surface area contributed by atoms with E-state index in [9.17, 15) is 18.0 Å². The van der Waals surface area contributed by atoms with Crippen LogP contribution in [0.5, 0.6) is 0 Å². The van der Waals surface area contributed by atoms with Gasteiger partial charge in [0, 0.05) is 38.7 Å². The first-order valence-corrected chi connectivity index (χ1v) is 12.1. The fraction of sp³-hybridized carbons (Fsp3) is 0.391. The molecule has 1 N–H and O–H groups in total. The predicted molar refractivity (Wildman–Crippen MR) is 120 cm³/mol. The predicted octanol–water partition coefficient (Wildman–Crippen LogP) is 1.61. The lowest BCUT2D eigenvalue weighted by Crippen LogP contribution is -2.47. The van der Waals surface area contributed by atoms with Gasteiger partial charge in [-0.25, -0.2) is 8.42 Å². The van der Waals surface area contributed by atoms with Crippen molar-refractivity contribution < 1.29 is 22.7 Å². The largest absolute Gasteiger partial charge is 0.379 e. The van der Waals surface area contributed by atoms with Gasteiger partial charge in [-0.3, -0.25) is 14.5 Å². The first-order valence-electron chi connectivity index (χ1n) is 10.6. The number of hydrogen-bond donors (Lipinski definition) is 1. The van der Waals surface area contributed by atoms with Gasteiger partial charge in [0.15, 0.2) is 0 Å². The van der Waals surface area contributed by atoms with E-state index in [-0.39, 0.29) is 23.1 Å². The van der Waals surface area contributed by atoms with Gasteiger partial charge >= 0.3 is 0 Å². The molecule has 2 heterocycles. The first-order chi connectivity index (χ1) is 15.3. The molecule has 0 aliphatic carbocycles. The molecule has 0 bridgehead atoms. The number of aryl methyl sites for hydroxylation is 1. The Morgan fingerprint density at radius 2 is 1.78 bits per heavy atom. The summed E-state index contributed by atoms with van der Waals surface area (Å²) in [6, 6.07) is 11.9. The molecule has 0 radical (unpaired) electrons. The van der Waals surface area contributed by atoms with Crippen molar-refractivity contribution in [2.75, 3.05) is 31.2 Å². The minimum absolute atomic E-state index is 0.169. The molecule has 4 rings (SSSR count). The Kier molecular flexibility index (Phi) is 6.32. The number of sulfonamides is 1. The highest BCUT2D eigenvalue weighted by Crippen LogP contribution is 2.35. The van der Waals surface area contributed by atoms with Gasteiger partial charge in [0.1, 0.15) is 6.04 Å². The summed E-state index contributed by atoms with van der Waals surface area (Å²) >= 11 is 0. The molecule has 8 nitrogen and oxygen atoms in total. The van der Waals surface area contributed by atoms with Crippen LogP contribution >= 0.6 is 0 Å². The zero-order valence-electron chi connectivity index (χ0n) is 18.2. The number of ether oxygens (including phenoxy) is 1. The third-order valence-electron chi connectivity index (χ3n) is 5.87. The summed E-state index contributed by atoms with van der Waals surface area (Å²) in [6.07, 6.45) is 0.265. The number of fused-ring (bicyclic) bond motifs is 1. The van der Waals surface area contributed by atoms with E-state index in [0.29, 0.717) is 44.1 Å². The minimum atomic E-state index is -3.66. The molecule has 2 aliphatic heterocycles. The average molecular weight is 458 g/mol. The Labute approximate surface area is 188 Å². The Morgan fingerprint density at radius 1 is 1.09 bits per heavy atom. The number of nitrogens with one attached hydrogen (secondary N) is 1. The fourth-order valence-electron chi connectivity index (χ4n) is 4.14. The lowest BCUT2D eigenvalue weighted by Gasteiger charge is -2.26. The number of nitrogens with zero attached hydrogens (tertiary/aromatic N) is 2. The van der Waals surface area contributed by atoms with Crippen LogP contribution in [-0.4, -0.2) is 56.9 Å². The molecule has 1 saturated heterocycles. The molecule has 9 heteroatoms. The lowest BCUT2D eigenvalue weighted by atomic mass is 10.1. The molecular formula is C23H27N3O5S. The minimum Gasteiger partial charge on any atom is -0.379 e. The highest BCUT2D eigenvalue weighted by atomic mass is 32.2. The van der Waals surface area contributed by atoms with Crippen LogP contribution in [0, 0.1) is 6.92 Å². The molecular weight excluding hydrogens is 430 g/mol. The summed E-state index contributed by atoms with van der Waals surface area (Å²) in [5, 5.41) is 2.90. The summed E-state index contributed by atoms with van der Waals surface area (Å²) in [6.45, 7) is 5.11. The average Bonchev–Trinajstić information content (AvgIpc) is 3.18. The summed E-state index contributed by atoms with van der Waals surface area (Å²) < 4.78 is 32.7. The van der Waals surface area contributed by atoms with E-state index in [0.717, 1.165) is 11.1 Å². The van der Waals surface area contributed by atoms with Crippen molar-refractivity contribution in [1.29, 1.82) is 0 Å². The SMILES string of the molecule is CC(=O)N1c2ccc(S(=O)(=O)N3CCOCC3)cc2C[C@H]1C(=O)NCc1ccc(C)cc1. The van der Waals surface area contributed by atoms with E-state index >= 15 is 0 Å². The van der Waals surface area contributed by atoms with Crippen molar-refractivity contribution in [1.82, 2.24) is 9.62 Å². The van der Waals surface area contributed by atoms with Gasteiger partial charge in [-0.1, -0.05) is 29.8 Å². The van der Waals surface area contributed by atoms with Crippen molar-refractivity contribution in [3.8, 4) is 0 Å². The monoisotopic (exact) mass is 457 g/mol. The smallest absolute Gasteiger partial charge is 0.243 e. The van der Waals surface area contributed by atoms with Gasteiger partial charge in [0.25, 0.3) is 0 Å². The molecule has 2 amide bonds. The molecule has 1 fully saturated rings. The van der Waals surface area contributed by atoms with Gasteiger partial charge in [-0.05, 0) is 36.2 Å². The van der Waals surface area contributed by atoms with E-state index in [1.54, 1.807) is 12.1 Å². The van der Waals surface area contributed by atoms with Gasteiger partial charge in [0.05, 0.1) is 18.1 Å². The van der Waals surface area contributed by atoms with Gasteiger partial charge in [-0.2, -0.15) is 4.31 Å². The second kappa shape index (κ2) is 9.01. The second-order valence-corrected chi connectivity index (χ2v) is 10.1.